The lowest BCUT2D eigenvalue weighted by atomic mass is 10.1. The lowest BCUT2D eigenvalue weighted by molar-refractivity contribution is -0.671. The van der Waals surface area contributed by atoms with Crippen molar-refractivity contribution in [3.05, 3.63) is 120 Å². The van der Waals surface area contributed by atoms with Gasteiger partial charge in [-0.3, -0.25) is 8.42 Å². The number of aryl methyl sites for hydroxylation is 2. The second-order valence-electron chi connectivity index (χ2n) is 9.64. The molecule has 0 atom stereocenters. The average Bonchev–Trinajstić information content (AvgIpc) is 2.92. The van der Waals surface area contributed by atoms with Gasteiger partial charge in [0.1, 0.15) is 14.1 Å². The number of benzene rings is 2. The van der Waals surface area contributed by atoms with Crippen LogP contribution in [0.4, 0.5) is 11.4 Å². The van der Waals surface area contributed by atoms with Crippen LogP contribution in [0.5, 0.6) is 0 Å². The van der Waals surface area contributed by atoms with Gasteiger partial charge >= 0.3 is 0 Å². The van der Waals surface area contributed by atoms with Gasteiger partial charge in [0.25, 0.3) is 0 Å². The molecule has 0 aliphatic carbocycles. The molecule has 0 saturated carbocycles. The zero-order valence-corrected chi connectivity index (χ0v) is 25.2. The van der Waals surface area contributed by atoms with Crippen molar-refractivity contribution in [1.82, 2.24) is 0 Å². The minimum Gasteiger partial charge on any atom is -0.759 e. The van der Waals surface area contributed by atoms with Crippen molar-refractivity contribution in [3.63, 3.8) is 0 Å². The molecule has 41 heavy (non-hydrogen) atoms. The fraction of sp³-hybridized carbons (Fsp3) is 0.188. The fourth-order valence-electron chi connectivity index (χ4n) is 3.40. The standard InChI is InChI=1S/2C16H19N2.H2O4S/c2*1-17(2)16-8-6-14(7-9-16)4-5-15-10-12-18(3)13-11-15;1-5(2,3)4/h2*4-13H,1-3H3;(H2,1,2,3,4)/q2*+1;/p-2. The van der Waals surface area contributed by atoms with Crippen LogP contribution in [0.1, 0.15) is 22.3 Å². The van der Waals surface area contributed by atoms with Crippen LogP contribution in [0, 0.1) is 0 Å². The molecule has 4 aromatic rings. The highest BCUT2D eigenvalue weighted by Gasteiger charge is 1.96. The van der Waals surface area contributed by atoms with Crippen molar-refractivity contribution in [1.29, 1.82) is 0 Å². The topological polar surface area (TPSA) is 94.5 Å². The van der Waals surface area contributed by atoms with Gasteiger partial charge in [-0.2, -0.15) is 0 Å². The Morgan fingerprint density at radius 3 is 0.951 bits per heavy atom. The number of hydrogen-bond acceptors (Lipinski definition) is 6. The quantitative estimate of drug-likeness (QED) is 0.195. The van der Waals surface area contributed by atoms with E-state index in [-0.39, 0.29) is 0 Å². The van der Waals surface area contributed by atoms with Crippen LogP contribution >= 0.6 is 0 Å². The van der Waals surface area contributed by atoms with Crippen LogP contribution in [0.15, 0.2) is 97.6 Å². The summed E-state index contributed by atoms with van der Waals surface area (Å²) in [5.41, 5.74) is 7.30. The maximum atomic E-state index is 8.52. The summed E-state index contributed by atoms with van der Waals surface area (Å²) >= 11 is 0. The van der Waals surface area contributed by atoms with Crippen molar-refractivity contribution in [2.24, 2.45) is 14.1 Å². The van der Waals surface area contributed by atoms with Gasteiger partial charge in [-0.15, -0.1) is 0 Å². The molecule has 0 radical (unpaired) electrons. The summed E-state index contributed by atoms with van der Waals surface area (Å²) in [5, 5.41) is 0. The summed E-state index contributed by atoms with van der Waals surface area (Å²) in [5.74, 6) is 0. The molecule has 2 aromatic heterocycles. The minimum atomic E-state index is -5.17. The second kappa shape index (κ2) is 16.1. The highest BCUT2D eigenvalue weighted by Crippen LogP contribution is 2.15. The SMILES string of the molecule is CN(C)c1ccc(C=Cc2cc[n+](C)cc2)cc1.CN(C)c1ccc(C=Cc2cc[n+](C)cc2)cc1.O=S(=O)([O-])[O-]. The second-order valence-corrected chi connectivity index (χ2v) is 10.5. The zero-order valence-electron chi connectivity index (χ0n) is 24.4. The Morgan fingerprint density at radius 2 is 0.732 bits per heavy atom. The Hall–Kier alpha value is -4.31. The third kappa shape index (κ3) is 14.1. The predicted molar refractivity (Wildman–Crippen MR) is 165 cm³/mol. The van der Waals surface area contributed by atoms with Gasteiger partial charge in [0.2, 0.25) is 0 Å². The molecule has 0 spiro atoms. The molecule has 216 valence electrons. The van der Waals surface area contributed by atoms with Crippen LogP contribution in [-0.2, 0) is 24.5 Å². The van der Waals surface area contributed by atoms with E-state index >= 15 is 0 Å². The van der Waals surface area contributed by atoms with E-state index in [9.17, 15) is 0 Å². The van der Waals surface area contributed by atoms with Crippen LogP contribution in [0.3, 0.4) is 0 Å². The normalized spacial score (nSPS) is 10.9. The summed E-state index contributed by atoms with van der Waals surface area (Å²) in [6.07, 6.45) is 16.7. The molecular weight excluding hydrogens is 536 g/mol. The average molecular weight is 575 g/mol. The van der Waals surface area contributed by atoms with Gasteiger partial charge < -0.3 is 18.9 Å². The predicted octanol–water partition coefficient (Wildman–Crippen LogP) is 4.16. The van der Waals surface area contributed by atoms with E-state index in [0.29, 0.717) is 0 Å². The molecule has 2 heterocycles. The summed E-state index contributed by atoms with van der Waals surface area (Å²) < 4.78 is 38.1. The Morgan fingerprint density at radius 1 is 0.512 bits per heavy atom. The van der Waals surface area contributed by atoms with E-state index in [1.165, 1.54) is 33.6 Å². The molecular formula is C32H38N4O4S. The number of hydrogen-bond donors (Lipinski definition) is 0. The van der Waals surface area contributed by atoms with Crippen LogP contribution in [-0.4, -0.2) is 45.7 Å². The maximum absolute atomic E-state index is 8.52. The van der Waals surface area contributed by atoms with E-state index in [2.05, 4.69) is 160 Å². The molecule has 8 nitrogen and oxygen atoms in total. The lowest BCUT2D eigenvalue weighted by Crippen LogP contribution is -2.25. The summed E-state index contributed by atoms with van der Waals surface area (Å²) in [6.45, 7) is 0. The molecule has 0 N–H and O–H groups in total. The fourth-order valence-corrected chi connectivity index (χ4v) is 3.40. The summed E-state index contributed by atoms with van der Waals surface area (Å²) in [6, 6.07) is 25.5. The van der Waals surface area contributed by atoms with E-state index < -0.39 is 10.4 Å². The van der Waals surface area contributed by atoms with Crippen molar-refractivity contribution < 1.29 is 26.7 Å². The largest absolute Gasteiger partial charge is 0.759 e. The van der Waals surface area contributed by atoms with Gasteiger partial charge in [0.15, 0.2) is 24.8 Å². The Balaban J connectivity index is 0.000000247. The van der Waals surface area contributed by atoms with Crippen molar-refractivity contribution >= 4 is 46.1 Å². The molecule has 0 aliphatic heterocycles. The van der Waals surface area contributed by atoms with Crippen molar-refractivity contribution in [2.45, 2.75) is 0 Å². The van der Waals surface area contributed by atoms with E-state index in [1.807, 2.05) is 23.2 Å². The Labute approximate surface area is 244 Å². The number of rotatable bonds is 6. The molecule has 0 aliphatic rings. The maximum Gasteiger partial charge on any atom is 0.169 e. The van der Waals surface area contributed by atoms with E-state index in [0.717, 1.165) is 0 Å². The first-order valence-electron chi connectivity index (χ1n) is 12.8. The number of nitrogens with zero attached hydrogens (tertiary/aromatic N) is 4. The first-order valence-corrected chi connectivity index (χ1v) is 14.1. The molecule has 0 unspecified atom stereocenters. The van der Waals surface area contributed by atoms with Crippen molar-refractivity contribution in [3.8, 4) is 0 Å². The first kappa shape index (κ1) is 32.9. The third-order valence-corrected chi connectivity index (χ3v) is 5.76. The van der Waals surface area contributed by atoms with Gasteiger partial charge in [-0.1, -0.05) is 48.6 Å². The molecule has 0 fully saturated rings. The molecule has 4 rings (SSSR count). The molecule has 9 heteroatoms. The molecule has 0 saturated heterocycles. The van der Waals surface area contributed by atoms with E-state index in [1.54, 1.807) is 0 Å². The minimum absolute atomic E-state index is 1.21. The summed E-state index contributed by atoms with van der Waals surface area (Å²) in [7, 11) is 7.08. The first-order chi connectivity index (χ1) is 19.3. The Kier molecular flexibility index (Phi) is 12.9. The zero-order chi connectivity index (χ0) is 30.4. The van der Waals surface area contributed by atoms with Gasteiger partial charge in [-0.25, -0.2) is 9.13 Å². The van der Waals surface area contributed by atoms with Crippen molar-refractivity contribution in [2.75, 3.05) is 38.0 Å². The highest BCUT2D eigenvalue weighted by atomic mass is 32.3. The number of pyridine rings is 2. The number of anilines is 2. The van der Waals surface area contributed by atoms with Gasteiger partial charge in [0, 0.05) is 74.2 Å². The smallest absolute Gasteiger partial charge is 0.169 e. The highest BCUT2D eigenvalue weighted by molar-refractivity contribution is 7.79. The van der Waals surface area contributed by atoms with E-state index in [4.69, 9.17) is 17.5 Å². The number of aromatic nitrogens is 2. The monoisotopic (exact) mass is 574 g/mol. The third-order valence-electron chi connectivity index (χ3n) is 5.76. The van der Waals surface area contributed by atoms with Crippen LogP contribution < -0.4 is 18.9 Å². The van der Waals surface area contributed by atoms with Gasteiger partial charge in [-0.05, 0) is 46.5 Å². The molecule has 2 aromatic carbocycles. The Bertz CT molecular complexity index is 1390. The summed E-state index contributed by atoms with van der Waals surface area (Å²) in [4.78, 5) is 4.20. The van der Waals surface area contributed by atoms with Crippen LogP contribution in [0.25, 0.3) is 24.3 Å². The lowest BCUT2D eigenvalue weighted by Gasteiger charge is -2.11. The van der Waals surface area contributed by atoms with Crippen LogP contribution in [0.2, 0.25) is 0 Å². The molecule has 0 amide bonds. The van der Waals surface area contributed by atoms with Gasteiger partial charge in [0.05, 0.1) is 0 Å². The molecule has 0 bridgehead atoms.